The lowest BCUT2D eigenvalue weighted by Gasteiger charge is -2.35. The number of sulfonamides is 1. The van der Waals surface area contributed by atoms with Crippen LogP contribution in [0.25, 0.3) is 0 Å². The summed E-state index contributed by atoms with van der Waals surface area (Å²) >= 11 is 1.23. The van der Waals surface area contributed by atoms with Crippen LogP contribution in [-0.2, 0) is 14.8 Å². The molecule has 2 heterocycles. The summed E-state index contributed by atoms with van der Waals surface area (Å²) < 4.78 is 33.3. The van der Waals surface area contributed by atoms with E-state index in [1.807, 2.05) is 61.5 Å². The molecule has 1 atom stereocenters. The van der Waals surface area contributed by atoms with Crippen molar-refractivity contribution >= 4 is 33.0 Å². The fourth-order valence-electron chi connectivity index (χ4n) is 4.11. The lowest BCUT2D eigenvalue weighted by Crippen LogP contribution is -3.16. The number of benzene rings is 2. The standard InChI is InChI=1S/C24H27N3O4S2/c1-2-31-21-12-7-6-11-20(21)25-24(28)23(19-9-4-3-5-10-19)26-14-16-27(17-15-26)33(29,30)22-13-8-18-32-22/h3-13,18,23H,2,14-17H2,1H3,(H,25,28)/p+1/t23-/m0/s1. The molecule has 1 fully saturated rings. The first kappa shape index (κ1) is 23.4. The molecule has 174 valence electrons. The van der Waals surface area contributed by atoms with E-state index in [2.05, 4.69) is 5.32 Å². The van der Waals surface area contributed by atoms with Crippen LogP contribution in [0.4, 0.5) is 5.69 Å². The fourth-order valence-corrected chi connectivity index (χ4v) is 6.70. The normalized spacial score (nSPS) is 16.3. The molecule has 0 radical (unpaired) electrons. The van der Waals surface area contributed by atoms with E-state index in [-0.39, 0.29) is 5.91 Å². The summed E-state index contributed by atoms with van der Waals surface area (Å²) in [6, 6.07) is 19.9. The Morgan fingerprint density at radius 2 is 1.76 bits per heavy atom. The van der Waals surface area contributed by atoms with Gasteiger partial charge in [-0.25, -0.2) is 8.42 Å². The number of ether oxygens (including phenoxy) is 1. The largest absolute Gasteiger partial charge is 0.492 e. The van der Waals surface area contributed by atoms with Gasteiger partial charge in [-0.15, -0.1) is 11.3 Å². The van der Waals surface area contributed by atoms with Crippen LogP contribution in [-0.4, -0.2) is 51.4 Å². The van der Waals surface area contributed by atoms with Crippen LogP contribution in [0.1, 0.15) is 18.5 Å². The zero-order valence-electron chi connectivity index (χ0n) is 18.4. The van der Waals surface area contributed by atoms with Gasteiger partial charge >= 0.3 is 0 Å². The van der Waals surface area contributed by atoms with Crippen molar-refractivity contribution in [3.8, 4) is 5.75 Å². The number of quaternary nitrogens is 1. The first-order valence-electron chi connectivity index (χ1n) is 11.0. The number of carbonyl (C=O) groups is 1. The van der Waals surface area contributed by atoms with E-state index in [0.717, 1.165) is 10.5 Å². The third-order valence-electron chi connectivity index (χ3n) is 5.70. The molecule has 0 saturated carbocycles. The SMILES string of the molecule is CCOc1ccccc1NC(=O)[C@H](c1ccccc1)[NH+]1CCN(S(=O)(=O)c2cccs2)CC1. The molecule has 0 bridgehead atoms. The number of nitrogens with one attached hydrogen (secondary N) is 2. The molecule has 7 nitrogen and oxygen atoms in total. The van der Waals surface area contributed by atoms with Gasteiger partial charge in [0, 0.05) is 5.56 Å². The topological polar surface area (TPSA) is 80.2 Å². The first-order valence-corrected chi connectivity index (χ1v) is 13.3. The Labute approximate surface area is 198 Å². The molecule has 3 aromatic rings. The van der Waals surface area contributed by atoms with E-state index in [4.69, 9.17) is 4.74 Å². The summed E-state index contributed by atoms with van der Waals surface area (Å²) in [5.74, 6) is 0.486. The zero-order chi connectivity index (χ0) is 23.3. The van der Waals surface area contributed by atoms with Crippen LogP contribution in [0.5, 0.6) is 5.75 Å². The number of thiophene rings is 1. The van der Waals surface area contributed by atoms with Crippen molar-refractivity contribution in [1.82, 2.24) is 4.31 Å². The lowest BCUT2D eigenvalue weighted by atomic mass is 10.0. The van der Waals surface area contributed by atoms with Crippen LogP contribution >= 0.6 is 11.3 Å². The van der Waals surface area contributed by atoms with Crippen molar-refractivity contribution in [3.05, 3.63) is 77.7 Å². The Balaban J connectivity index is 1.54. The number of nitrogens with zero attached hydrogens (tertiary/aromatic N) is 1. The van der Waals surface area contributed by atoms with Gasteiger partial charge in [-0.05, 0) is 30.5 Å². The Bertz CT molecular complexity index is 1160. The highest BCUT2D eigenvalue weighted by Gasteiger charge is 2.38. The van der Waals surface area contributed by atoms with Crippen molar-refractivity contribution in [2.75, 3.05) is 38.1 Å². The van der Waals surface area contributed by atoms with E-state index in [1.165, 1.54) is 15.6 Å². The minimum atomic E-state index is -3.49. The molecule has 2 N–H and O–H groups in total. The quantitative estimate of drug-likeness (QED) is 0.513. The lowest BCUT2D eigenvalue weighted by molar-refractivity contribution is -0.925. The van der Waals surface area contributed by atoms with Crippen LogP contribution < -0.4 is 15.0 Å². The molecule has 1 aliphatic rings. The van der Waals surface area contributed by atoms with Gasteiger partial charge in [0.15, 0.2) is 6.04 Å². The minimum absolute atomic E-state index is 0.141. The molecule has 33 heavy (non-hydrogen) atoms. The molecule has 1 saturated heterocycles. The summed E-state index contributed by atoms with van der Waals surface area (Å²) in [7, 11) is -3.49. The third kappa shape index (κ3) is 5.27. The summed E-state index contributed by atoms with van der Waals surface area (Å²) in [4.78, 5) is 14.5. The highest BCUT2D eigenvalue weighted by molar-refractivity contribution is 7.91. The molecule has 1 amide bonds. The average molecular weight is 487 g/mol. The molecule has 1 aromatic heterocycles. The van der Waals surface area contributed by atoms with E-state index in [1.54, 1.807) is 17.5 Å². The van der Waals surface area contributed by atoms with E-state index in [9.17, 15) is 13.2 Å². The van der Waals surface area contributed by atoms with Crippen LogP contribution in [0.3, 0.4) is 0 Å². The van der Waals surface area contributed by atoms with E-state index < -0.39 is 16.1 Å². The fraction of sp³-hybridized carbons (Fsp3) is 0.292. The second-order valence-corrected chi connectivity index (χ2v) is 10.9. The van der Waals surface area contributed by atoms with Gasteiger partial charge in [0.1, 0.15) is 9.96 Å². The number of piperazine rings is 1. The van der Waals surface area contributed by atoms with E-state index in [0.29, 0.717) is 48.4 Å². The molecule has 0 aliphatic carbocycles. The molecular weight excluding hydrogens is 458 g/mol. The molecule has 1 aliphatic heterocycles. The summed E-state index contributed by atoms with van der Waals surface area (Å²) in [5.41, 5.74) is 1.53. The number of hydrogen-bond donors (Lipinski definition) is 2. The van der Waals surface area contributed by atoms with Crippen molar-refractivity contribution < 1.29 is 22.8 Å². The third-order valence-corrected chi connectivity index (χ3v) is 8.97. The predicted molar refractivity (Wildman–Crippen MR) is 129 cm³/mol. The number of anilines is 1. The average Bonchev–Trinajstić information content (AvgIpc) is 3.38. The molecule has 9 heteroatoms. The van der Waals surface area contributed by atoms with Gasteiger partial charge < -0.3 is 15.0 Å². The molecular formula is C24H28N3O4S2+. The van der Waals surface area contributed by atoms with Crippen LogP contribution in [0.2, 0.25) is 0 Å². The van der Waals surface area contributed by atoms with Crippen LogP contribution in [0.15, 0.2) is 76.3 Å². The number of amides is 1. The second kappa shape index (κ2) is 10.5. The number of rotatable bonds is 8. The highest BCUT2D eigenvalue weighted by atomic mass is 32.2. The summed E-state index contributed by atoms with van der Waals surface area (Å²) in [6.07, 6.45) is 0. The summed E-state index contributed by atoms with van der Waals surface area (Å²) in [5, 5.41) is 4.81. The Morgan fingerprint density at radius 1 is 1.06 bits per heavy atom. The predicted octanol–water partition coefficient (Wildman–Crippen LogP) is 2.42. The number of hydrogen-bond acceptors (Lipinski definition) is 5. The molecule has 0 spiro atoms. The van der Waals surface area contributed by atoms with Crippen molar-refractivity contribution in [3.63, 3.8) is 0 Å². The maximum atomic E-state index is 13.5. The minimum Gasteiger partial charge on any atom is -0.492 e. The molecule has 2 aromatic carbocycles. The smallest absolute Gasteiger partial charge is 0.287 e. The molecule has 4 rings (SSSR count). The maximum absolute atomic E-state index is 13.5. The monoisotopic (exact) mass is 486 g/mol. The zero-order valence-corrected chi connectivity index (χ0v) is 20.1. The van der Waals surface area contributed by atoms with Gasteiger partial charge in [-0.1, -0.05) is 48.5 Å². The van der Waals surface area contributed by atoms with Crippen molar-refractivity contribution in [2.24, 2.45) is 0 Å². The molecule has 0 unspecified atom stereocenters. The number of carbonyl (C=O) groups excluding carboxylic acids is 1. The second-order valence-electron chi connectivity index (χ2n) is 7.76. The van der Waals surface area contributed by atoms with E-state index >= 15 is 0 Å². The Kier molecular flexibility index (Phi) is 7.44. The van der Waals surface area contributed by atoms with Gasteiger partial charge in [0.05, 0.1) is 38.5 Å². The van der Waals surface area contributed by atoms with Crippen molar-refractivity contribution in [2.45, 2.75) is 17.2 Å². The van der Waals surface area contributed by atoms with Crippen LogP contribution in [0, 0.1) is 0 Å². The van der Waals surface area contributed by atoms with Crippen molar-refractivity contribution in [1.29, 1.82) is 0 Å². The Hall–Kier alpha value is -2.72. The summed E-state index contributed by atoms with van der Waals surface area (Å²) in [6.45, 7) is 4.19. The maximum Gasteiger partial charge on any atom is 0.287 e. The van der Waals surface area contributed by atoms with Gasteiger partial charge in [0.25, 0.3) is 15.9 Å². The first-order chi connectivity index (χ1) is 16.0. The van der Waals surface area contributed by atoms with Gasteiger partial charge in [-0.2, -0.15) is 4.31 Å². The van der Waals surface area contributed by atoms with Gasteiger partial charge in [0.2, 0.25) is 0 Å². The number of para-hydroxylation sites is 2. The van der Waals surface area contributed by atoms with Gasteiger partial charge in [-0.3, -0.25) is 4.79 Å². The highest BCUT2D eigenvalue weighted by Crippen LogP contribution is 2.25. The Morgan fingerprint density at radius 3 is 2.42 bits per heavy atom.